The molecule has 19 heavy (non-hydrogen) atoms. The van der Waals surface area contributed by atoms with Crippen molar-refractivity contribution in [2.24, 2.45) is 7.05 Å². The molecule has 0 saturated heterocycles. The van der Waals surface area contributed by atoms with Crippen molar-refractivity contribution >= 4 is 0 Å². The molecule has 0 bridgehead atoms. The monoisotopic (exact) mass is 258 g/mol. The maximum atomic E-state index is 5.82. The van der Waals surface area contributed by atoms with E-state index in [0.717, 1.165) is 11.4 Å². The molecule has 102 valence electrons. The normalized spacial score (nSPS) is 11.6. The van der Waals surface area contributed by atoms with Gasteiger partial charge in [0.1, 0.15) is 18.1 Å². The highest BCUT2D eigenvalue weighted by atomic mass is 16.5. The lowest BCUT2D eigenvalue weighted by Crippen LogP contribution is -2.15. The number of aromatic nitrogens is 2. The average molecular weight is 258 g/mol. The van der Waals surface area contributed by atoms with Gasteiger partial charge < -0.3 is 4.74 Å². The maximum Gasteiger partial charge on any atom is 0.132 e. The van der Waals surface area contributed by atoms with Crippen LogP contribution in [0.3, 0.4) is 0 Å². The summed E-state index contributed by atoms with van der Waals surface area (Å²) in [4.78, 5) is 0. The number of hydrogen-bond acceptors (Lipinski definition) is 2. The first-order valence-electron chi connectivity index (χ1n) is 6.60. The largest absolute Gasteiger partial charge is 0.487 e. The number of para-hydroxylation sites is 1. The van der Waals surface area contributed by atoms with Crippen LogP contribution in [0.25, 0.3) is 0 Å². The van der Waals surface area contributed by atoms with Crippen molar-refractivity contribution in [2.75, 3.05) is 0 Å². The second kappa shape index (κ2) is 5.08. The third-order valence-electron chi connectivity index (χ3n) is 3.28. The minimum Gasteiger partial charge on any atom is -0.487 e. The fourth-order valence-corrected chi connectivity index (χ4v) is 2.42. The summed E-state index contributed by atoms with van der Waals surface area (Å²) < 4.78 is 7.76. The van der Waals surface area contributed by atoms with Crippen LogP contribution in [0.5, 0.6) is 5.75 Å². The van der Waals surface area contributed by atoms with Crippen LogP contribution in [-0.2, 0) is 19.1 Å². The molecule has 1 aromatic carbocycles. The summed E-state index contributed by atoms with van der Waals surface area (Å²) in [6, 6.07) is 9.87. The van der Waals surface area contributed by atoms with Crippen molar-refractivity contribution in [1.29, 1.82) is 0 Å². The Kier molecular flexibility index (Phi) is 3.65. The molecule has 0 spiro atoms. The molecule has 0 N–H and O–H groups in total. The van der Waals surface area contributed by atoms with E-state index in [-0.39, 0.29) is 5.41 Å². The fourth-order valence-electron chi connectivity index (χ4n) is 2.42. The van der Waals surface area contributed by atoms with Crippen LogP contribution < -0.4 is 4.74 Å². The summed E-state index contributed by atoms with van der Waals surface area (Å²) >= 11 is 0. The molecular formula is C16H22N2O. The van der Waals surface area contributed by atoms with E-state index in [1.165, 1.54) is 11.3 Å². The predicted octanol–water partition coefficient (Wildman–Crippen LogP) is 3.61. The van der Waals surface area contributed by atoms with Crippen molar-refractivity contribution in [1.82, 2.24) is 9.78 Å². The minimum absolute atomic E-state index is 0.0771. The molecule has 0 unspecified atom stereocenters. The van der Waals surface area contributed by atoms with E-state index in [2.05, 4.69) is 32.8 Å². The molecule has 1 heterocycles. The highest BCUT2D eigenvalue weighted by Gasteiger charge is 2.24. The van der Waals surface area contributed by atoms with Gasteiger partial charge in [0, 0.05) is 18.3 Å². The van der Waals surface area contributed by atoms with E-state index in [1.807, 2.05) is 42.1 Å². The lowest BCUT2D eigenvalue weighted by molar-refractivity contribution is 0.297. The van der Waals surface area contributed by atoms with Crippen molar-refractivity contribution in [3.8, 4) is 5.75 Å². The average Bonchev–Trinajstić information content (AvgIpc) is 2.63. The first-order chi connectivity index (χ1) is 8.89. The number of benzene rings is 1. The Morgan fingerprint density at radius 1 is 1.16 bits per heavy atom. The Morgan fingerprint density at radius 2 is 1.79 bits per heavy atom. The molecule has 2 rings (SSSR count). The van der Waals surface area contributed by atoms with E-state index in [0.29, 0.717) is 6.61 Å². The molecule has 0 aliphatic heterocycles. The summed E-state index contributed by atoms with van der Waals surface area (Å²) in [5.41, 5.74) is 3.59. The molecule has 0 amide bonds. The van der Waals surface area contributed by atoms with Gasteiger partial charge in [-0.25, -0.2) is 0 Å². The van der Waals surface area contributed by atoms with Crippen LogP contribution in [0, 0.1) is 6.92 Å². The summed E-state index contributed by atoms with van der Waals surface area (Å²) in [5, 5.41) is 4.58. The number of hydrogen-bond donors (Lipinski definition) is 0. The first kappa shape index (κ1) is 13.7. The van der Waals surface area contributed by atoms with Gasteiger partial charge in [0.2, 0.25) is 0 Å². The SMILES string of the molecule is Cc1c(C(C)(C)C)c(COc2ccccc2)nn1C. The van der Waals surface area contributed by atoms with Gasteiger partial charge in [-0.3, -0.25) is 4.68 Å². The van der Waals surface area contributed by atoms with Crippen molar-refractivity contribution in [3.63, 3.8) is 0 Å². The van der Waals surface area contributed by atoms with Crippen LogP contribution in [0.2, 0.25) is 0 Å². The van der Waals surface area contributed by atoms with Crippen LogP contribution in [0.1, 0.15) is 37.7 Å². The maximum absolute atomic E-state index is 5.82. The molecule has 0 aliphatic rings. The van der Waals surface area contributed by atoms with Crippen molar-refractivity contribution < 1.29 is 4.74 Å². The van der Waals surface area contributed by atoms with Gasteiger partial charge in [0.15, 0.2) is 0 Å². The molecule has 0 aliphatic carbocycles. The van der Waals surface area contributed by atoms with E-state index < -0.39 is 0 Å². The van der Waals surface area contributed by atoms with Gasteiger partial charge in [0.05, 0.1) is 0 Å². The number of rotatable bonds is 3. The predicted molar refractivity (Wildman–Crippen MR) is 77.4 cm³/mol. The van der Waals surface area contributed by atoms with Crippen LogP contribution in [0.4, 0.5) is 0 Å². The minimum atomic E-state index is 0.0771. The van der Waals surface area contributed by atoms with E-state index in [4.69, 9.17) is 4.74 Å². The number of ether oxygens (including phenoxy) is 1. The summed E-state index contributed by atoms with van der Waals surface area (Å²) in [7, 11) is 1.98. The molecular weight excluding hydrogens is 236 g/mol. The molecule has 0 radical (unpaired) electrons. The third kappa shape index (κ3) is 2.98. The standard InChI is InChI=1S/C16H22N2O/c1-12-15(16(2,3)4)14(17-18(12)5)11-19-13-9-7-6-8-10-13/h6-10H,11H2,1-5H3. The Morgan fingerprint density at radius 3 is 2.37 bits per heavy atom. The zero-order chi connectivity index (χ0) is 14.0. The molecule has 0 saturated carbocycles. The lowest BCUT2D eigenvalue weighted by Gasteiger charge is -2.20. The second-order valence-corrected chi connectivity index (χ2v) is 5.88. The van der Waals surface area contributed by atoms with Gasteiger partial charge >= 0.3 is 0 Å². The van der Waals surface area contributed by atoms with Crippen LogP contribution in [0.15, 0.2) is 30.3 Å². The Balaban J connectivity index is 2.24. The van der Waals surface area contributed by atoms with E-state index in [1.54, 1.807) is 0 Å². The molecule has 0 fully saturated rings. The van der Waals surface area contributed by atoms with E-state index >= 15 is 0 Å². The summed E-state index contributed by atoms with van der Waals surface area (Å²) in [6.07, 6.45) is 0. The van der Waals surface area contributed by atoms with Gasteiger partial charge in [-0.1, -0.05) is 39.0 Å². The zero-order valence-corrected chi connectivity index (χ0v) is 12.4. The quantitative estimate of drug-likeness (QED) is 0.841. The molecule has 3 heteroatoms. The molecule has 2 aromatic rings. The topological polar surface area (TPSA) is 27.1 Å². The van der Waals surface area contributed by atoms with Gasteiger partial charge in [-0.15, -0.1) is 0 Å². The Hall–Kier alpha value is -1.77. The first-order valence-corrected chi connectivity index (χ1v) is 6.60. The number of aryl methyl sites for hydroxylation is 1. The Labute approximate surface area is 115 Å². The second-order valence-electron chi connectivity index (χ2n) is 5.88. The highest BCUT2D eigenvalue weighted by Crippen LogP contribution is 2.29. The highest BCUT2D eigenvalue weighted by molar-refractivity contribution is 5.32. The van der Waals surface area contributed by atoms with Crippen LogP contribution in [-0.4, -0.2) is 9.78 Å². The lowest BCUT2D eigenvalue weighted by atomic mass is 9.85. The number of nitrogens with zero attached hydrogens (tertiary/aromatic N) is 2. The summed E-state index contributed by atoms with van der Waals surface area (Å²) in [5.74, 6) is 0.880. The third-order valence-corrected chi connectivity index (χ3v) is 3.28. The van der Waals surface area contributed by atoms with Gasteiger partial charge in [-0.2, -0.15) is 5.10 Å². The summed E-state index contributed by atoms with van der Waals surface area (Å²) in [6.45, 7) is 9.26. The Bertz CT molecular complexity index is 550. The van der Waals surface area contributed by atoms with Gasteiger partial charge in [0.25, 0.3) is 0 Å². The smallest absolute Gasteiger partial charge is 0.132 e. The van der Waals surface area contributed by atoms with E-state index in [9.17, 15) is 0 Å². The molecule has 1 aromatic heterocycles. The zero-order valence-electron chi connectivity index (χ0n) is 12.4. The fraction of sp³-hybridized carbons (Fsp3) is 0.438. The van der Waals surface area contributed by atoms with Crippen LogP contribution >= 0.6 is 0 Å². The van der Waals surface area contributed by atoms with Crippen molar-refractivity contribution in [3.05, 3.63) is 47.3 Å². The molecule has 3 nitrogen and oxygen atoms in total. The van der Waals surface area contributed by atoms with Crippen molar-refractivity contribution in [2.45, 2.75) is 39.7 Å². The molecule has 0 atom stereocenters. The van der Waals surface area contributed by atoms with Gasteiger partial charge in [-0.05, 0) is 24.5 Å².